The van der Waals surface area contributed by atoms with Gasteiger partial charge in [0.05, 0.1) is 18.4 Å². The molecule has 0 radical (unpaired) electrons. The number of aromatic amines is 1. The number of benzene rings is 1. The van der Waals surface area contributed by atoms with Crippen LogP contribution in [-0.2, 0) is 30.6 Å². The third kappa shape index (κ3) is 5.25. The number of nitrogen functional groups attached to an aromatic ring is 1. The van der Waals surface area contributed by atoms with E-state index >= 15 is 0 Å². The molecule has 0 unspecified atom stereocenters. The third-order valence-corrected chi connectivity index (χ3v) is 4.87. The molecule has 0 aliphatic carbocycles. The molecule has 1 aromatic carbocycles. The highest BCUT2D eigenvalue weighted by Gasteiger charge is 2.09. The van der Waals surface area contributed by atoms with E-state index in [-0.39, 0.29) is 36.9 Å². The zero-order valence-electron chi connectivity index (χ0n) is 17.2. The lowest BCUT2D eigenvalue weighted by Gasteiger charge is -2.11. The van der Waals surface area contributed by atoms with Crippen LogP contribution >= 0.6 is 0 Å². The number of carbonyl (C=O) groups is 1. The molecule has 32 heavy (non-hydrogen) atoms. The molecule has 4 N–H and O–H groups in total. The van der Waals surface area contributed by atoms with Crippen molar-refractivity contribution in [1.29, 1.82) is 0 Å². The maximum Gasteiger partial charge on any atom is 0.255 e. The summed E-state index contributed by atoms with van der Waals surface area (Å²) in [4.78, 5) is 28.7. The van der Waals surface area contributed by atoms with E-state index in [1.807, 2.05) is 30.3 Å². The van der Waals surface area contributed by atoms with E-state index in [2.05, 4.69) is 37.0 Å². The molecule has 3 heterocycles. The van der Waals surface area contributed by atoms with E-state index in [4.69, 9.17) is 10.2 Å². The van der Waals surface area contributed by atoms with E-state index in [1.54, 1.807) is 6.26 Å². The lowest BCUT2D eigenvalue weighted by atomic mass is 10.0. The fourth-order valence-electron chi connectivity index (χ4n) is 3.30. The largest absolute Gasteiger partial charge is 0.464 e. The van der Waals surface area contributed by atoms with Crippen LogP contribution in [0.5, 0.6) is 0 Å². The topological polar surface area (TPSA) is 158 Å². The number of tetrazole rings is 1. The van der Waals surface area contributed by atoms with Crippen LogP contribution in [0, 0.1) is 0 Å². The number of nitrogens with two attached hydrogens (primary N) is 1. The maximum absolute atomic E-state index is 12.5. The summed E-state index contributed by atoms with van der Waals surface area (Å²) in [6.45, 7) is 0.439. The first-order chi connectivity index (χ1) is 15.6. The second-order valence-electron chi connectivity index (χ2n) is 7.15. The zero-order chi connectivity index (χ0) is 22.3. The number of amides is 1. The van der Waals surface area contributed by atoms with E-state index in [0.29, 0.717) is 24.4 Å². The van der Waals surface area contributed by atoms with Crippen molar-refractivity contribution in [1.82, 2.24) is 35.5 Å². The Balaban J connectivity index is 1.33. The summed E-state index contributed by atoms with van der Waals surface area (Å²) in [7, 11) is 0. The van der Waals surface area contributed by atoms with Crippen molar-refractivity contribution >= 4 is 11.9 Å². The second kappa shape index (κ2) is 9.69. The first-order valence-corrected chi connectivity index (χ1v) is 10.1. The monoisotopic (exact) mass is 434 g/mol. The number of carbonyl (C=O) groups excluding carboxylic acids is 1. The van der Waals surface area contributed by atoms with Crippen LogP contribution in [-0.4, -0.2) is 42.6 Å². The summed E-state index contributed by atoms with van der Waals surface area (Å²) >= 11 is 0. The quantitative estimate of drug-likeness (QED) is 0.348. The van der Waals surface area contributed by atoms with Gasteiger partial charge in [-0.3, -0.25) is 14.2 Å². The molecule has 1 amide bonds. The molecular formula is C21H22N8O3. The number of furan rings is 1. The molecule has 4 aromatic rings. The normalized spacial score (nSPS) is 10.9. The molecule has 3 aromatic heterocycles. The minimum Gasteiger partial charge on any atom is -0.464 e. The van der Waals surface area contributed by atoms with Gasteiger partial charge in [-0.2, -0.15) is 0 Å². The molecule has 11 nitrogen and oxygen atoms in total. The van der Waals surface area contributed by atoms with Gasteiger partial charge in [-0.1, -0.05) is 18.2 Å². The summed E-state index contributed by atoms with van der Waals surface area (Å²) in [6, 6.07) is 13.3. The van der Waals surface area contributed by atoms with Crippen molar-refractivity contribution in [2.24, 2.45) is 0 Å². The second-order valence-corrected chi connectivity index (χ2v) is 7.15. The molecule has 11 heteroatoms. The van der Waals surface area contributed by atoms with Crippen molar-refractivity contribution < 1.29 is 9.21 Å². The first kappa shape index (κ1) is 21.0. The van der Waals surface area contributed by atoms with E-state index in [9.17, 15) is 9.59 Å². The van der Waals surface area contributed by atoms with Crippen LogP contribution in [0.15, 0.2) is 57.9 Å². The Hall–Kier alpha value is -4.28. The Morgan fingerprint density at radius 1 is 1.19 bits per heavy atom. The number of nitrogens with zero attached hydrogens (tertiary/aromatic N) is 5. The van der Waals surface area contributed by atoms with Gasteiger partial charge in [0.25, 0.3) is 5.56 Å². The highest BCUT2D eigenvalue weighted by Crippen LogP contribution is 2.21. The van der Waals surface area contributed by atoms with Crippen molar-refractivity contribution in [3.05, 3.63) is 76.2 Å². The van der Waals surface area contributed by atoms with Crippen LogP contribution in [0.4, 0.5) is 5.95 Å². The Morgan fingerprint density at radius 2 is 2.09 bits per heavy atom. The van der Waals surface area contributed by atoms with Crippen LogP contribution in [0.1, 0.15) is 17.1 Å². The Morgan fingerprint density at radius 3 is 2.84 bits per heavy atom. The average molecular weight is 434 g/mol. The van der Waals surface area contributed by atoms with Gasteiger partial charge in [0.2, 0.25) is 11.9 Å². The molecule has 0 fully saturated rings. The molecule has 4 rings (SSSR count). The molecule has 0 atom stereocenters. The summed E-state index contributed by atoms with van der Waals surface area (Å²) in [5.74, 6) is 1.02. The van der Waals surface area contributed by atoms with Gasteiger partial charge in [0.15, 0.2) is 5.82 Å². The van der Waals surface area contributed by atoms with Crippen LogP contribution in [0.3, 0.4) is 0 Å². The molecule has 0 saturated carbocycles. The Labute approximate surface area is 182 Å². The molecule has 0 spiro atoms. The molecule has 164 valence electrons. The predicted molar refractivity (Wildman–Crippen MR) is 115 cm³/mol. The van der Waals surface area contributed by atoms with Gasteiger partial charge in [0.1, 0.15) is 5.76 Å². The van der Waals surface area contributed by atoms with E-state index in [1.165, 1.54) is 10.6 Å². The Bertz CT molecular complexity index is 1230. The first-order valence-electron chi connectivity index (χ1n) is 10.1. The number of hydrogen-bond donors (Lipinski definition) is 3. The number of aromatic nitrogens is 6. The summed E-state index contributed by atoms with van der Waals surface area (Å²) in [5.41, 5.74) is 8.46. The van der Waals surface area contributed by atoms with Crippen molar-refractivity contribution in [3.8, 4) is 11.3 Å². The lowest BCUT2D eigenvalue weighted by Crippen LogP contribution is -2.33. The minimum atomic E-state index is -0.267. The molecule has 0 bridgehead atoms. The highest BCUT2D eigenvalue weighted by atomic mass is 16.3. The lowest BCUT2D eigenvalue weighted by molar-refractivity contribution is -0.120. The smallest absolute Gasteiger partial charge is 0.255 e. The molecule has 0 aliphatic rings. The van der Waals surface area contributed by atoms with Gasteiger partial charge >= 0.3 is 0 Å². The van der Waals surface area contributed by atoms with Crippen LogP contribution < -0.4 is 16.6 Å². The van der Waals surface area contributed by atoms with Gasteiger partial charge in [-0.15, -0.1) is 5.10 Å². The number of hydrogen-bond acceptors (Lipinski definition) is 8. The standard InChI is InChI=1S/C21H22N8O3/c22-21-24-16(7-6-14-3-1-4-15(11-14)17-5-2-10-32-17)12-20(31)29(21)9-8-23-19(30)13-18-25-27-28-26-18/h1-5,10-12H,6-9,13H2,(H2,22,24)(H,23,30)(H,25,26,27,28). The number of nitrogens with one attached hydrogen (secondary N) is 2. The van der Waals surface area contributed by atoms with Crippen molar-refractivity contribution in [2.45, 2.75) is 25.8 Å². The zero-order valence-corrected chi connectivity index (χ0v) is 17.2. The highest BCUT2D eigenvalue weighted by molar-refractivity contribution is 5.77. The molecule has 0 aliphatic heterocycles. The maximum atomic E-state index is 12.5. The third-order valence-electron chi connectivity index (χ3n) is 4.87. The number of anilines is 1. The summed E-state index contributed by atoms with van der Waals surface area (Å²) < 4.78 is 6.78. The number of H-pyrrole nitrogens is 1. The SMILES string of the molecule is Nc1nc(CCc2cccc(-c3ccco3)c2)cc(=O)n1CCNC(=O)Cc1nnn[nH]1. The van der Waals surface area contributed by atoms with E-state index < -0.39 is 0 Å². The van der Waals surface area contributed by atoms with Gasteiger partial charge in [-0.25, -0.2) is 10.1 Å². The van der Waals surface area contributed by atoms with Crippen molar-refractivity contribution in [3.63, 3.8) is 0 Å². The fraction of sp³-hybridized carbons (Fsp3) is 0.238. The minimum absolute atomic E-state index is 0.0235. The number of aryl methyl sites for hydroxylation is 2. The average Bonchev–Trinajstić information content (AvgIpc) is 3.49. The summed E-state index contributed by atoms with van der Waals surface area (Å²) in [5, 5.41) is 15.7. The van der Waals surface area contributed by atoms with E-state index in [0.717, 1.165) is 16.9 Å². The van der Waals surface area contributed by atoms with Gasteiger partial charge in [-0.05, 0) is 47.0 Å². The summed E-state index contributed by atoms with van der Waals surface area (Å²) in [6.07, 6.45) is 2.94. The van der Waals surface area contributed by atoms with Crippen LogP contribution in [0.25, 0.3) is 11.3 Å². The molecule has 0 saturated heterocycles. The van der Waals surface area contributed by atoms with Gasteiger partial charge in [0, 0.05) is 24.7 Å². The van der Waals surface area contributed by atoms with Crippen LogP contribution in [0.2, 0.25) is 0 Å². The number of rotatable bonds is 9. The Kier molecular flexibility index (Phi) is 6.35. The van der Waals surface area contributed by atoms with Crippen molar-refractivity contribution in [2.75, 3.05) is 12.3 Å². The predicted octanol–water partition coefficient (Wildman–Crippen LogP) is 0.743. The molecular weight excluding hydrogens is 412 g/mol. The van der Waals surface area contributed by atoms with Gasteiger partial charge < -0.3 is 15.5 Å². The fourth-order valence-corrected chi connectivity index (χ4v) is 3.30.